The molecule has 0 rings (SSSR count). The molecule has 0 unspecified atom stereocenters. The Bertz CT molecular complexity index is 518. The molecule has 26 heavy (non-hydrogen) atoms. The molecule has 0 saturated heterocycles. The van der Waals surface area contributed by atoms with Crippen molar-refractivity contribution in [2.75, 3.05) is 19.8 Å². The van der Waals surface area contributed by atoms with Crippen LogP contribution in [0.5, 0.6) is 0 Å². The van der Waals surface area contributed by atoms with Crippen LogP contribution in [0.2, 0.25) is 0 Å². The van der Waals surface area contributed by atoms with Gasteiger partial charge in [0.05, 0.1) is 38.6 Å². The summed E-state index contributed by atoms with van der Waals surface area (Å²) in [5.74, 6) is -6.10. The van der Waals surface area contributed by atoms with E-state index >= 15 is 0 Å². The van der Waals surface area contributed by atoms with Crippen LogP contribution in [-0.4, -0.2) is 60.8 Å². The van der Waals surface area contributed by atoms with Crippen molar-refractivity contribution in [3.8, 4) is 0 Å². The van der Waals surface area contributed by atoms with Crippen LogP contribution < -0.4 is 5.32 Å². The molecule has 0 fully saturated rings. The molecule has 1 amide bonds. The zero-order valence-electron chi connectivity index (χ0n) is 15.1. The Labute approximate surface area is 151 Å². The van der Waals surface area contributed by atoms with Crippen LogP contribution in [0.4, 0.5) is 0 Å². The third kappa shape index (κ3) is 9.00. The maximum atomic E-state index is 12.0. The standard InChI is InChI=1S/C16H25NO9/c1-4-24-12(19)8-7-11(18)17-14(15(21)22)10(16(23)26-6-3)9-13(20)25-5-2/h10,14H,4-9H2,1-3H3,(H,17,18)(H,21,22)/t10-,14+/m1/s1. The van der Waals surface area contributed by atoms with Gasteiger partial charge in [-0.3, -0.25) is 19.2 Å². The average Bonchev–Trinajstić information content (AvgIpc) is 2.56. The van der Waals surface area contributed by atoms with Gasteiger partial charge in [-0.15, -0.1) is 0 Å². The highest BCUT2D eigenvalue weighted by Gasteiger charge is 2.38. The van der Waals surface area contributed by atoms with Gasteiger partial charge >= 0.3 is 23.9 Å². The monoisotopic (exact) mass is 375 g/mol. The minimum absolute atomic E-state index is 0.0265. The van der Waals surface area contributed by atoms with E-state index in [0.717, 1.165) is 0 Å². The second kappa shape index (κ2) is 12.7. The summed E-state index contributed by atoms with van der Waals surface area (Å²) < 4.78 is 14.2. The van der Waals surface area contributed by atoms with Gasteiger partial charge in [0, 0.05) is 6.42 Å². The minimum atomic E-state index is -1.70. The fourth-order valence-electron chi connectivity index (χ4n) is 2.01. The number of hydrogen-bond donors (Lipinski definition) is 2. The van der Waals surface area contributed by atoms with E-state index in [9.17, 15) is 29.1 Å². The van der Waals surface area contributed by atoms with E-state index in [-0.39, 0.29) is 32.7 Å². The van der Waals surface area contributed by atoms with Crippen LogP contribution in [-0.2, 0) is 38.2 Å². The highest BCUT2D eigenvalue weighted by Crippen LogP contribution is 2.14. The molecular weight excluding hydrogens is 350 g/mol. The number of hydrogen-bond acceptors (Lipinski definition) is 8. The van der Waals surface area contributed by atoms with Crippen molar-refractivity contribution in [1.82, 2.24) is 5.32 Å². The van der Waals surface area contributed by atoms with E-state index < -0.39 is 48.2 Å². The van der Waals surface area contributed by atoms with E-state index in [2.05, 4.69) is 10.1 Å². The third-order valence-electron chi connectivity index (χ3n) is 3.13. The van der Waals surface area contributed by atoms with Crippen LogP contribution in [0, 0.1) is 5.92 Å². The molecule has 148 valence electrons. The van der Waals surface area contributed by atoms with Crippen molar-refractivity contribution < 1.29 is 43.3 Å². The SMILES string of the molecule is CCOC(=O)CCC(=O)N[C@H](C(=O)O)[C@@H](CC(=O)OCC)C(=O)OCC. The molecule has 0 bridgehead atoms. The fraction of sp³-hybridized carbons (Fsp3) is 0.688. The van der Waals surface area contributed by atoms with E-state index in [1.807, 2.05) is 0 Å². The summed E-state index contributed by atoms with van der Waals surface area (Å²) in [4.78, 5) is 58.4. The van der Waals surface area contributed by atoms with Gasteiger partial charge in [-0.2, -0.15) is 0 Å². The van der Waals surface area contributed by atoms with Crippen molar-refractivity contribution >= 4 is 29.8 Å². The first kappa shape index (κ1) is 23.4. The first-order chi connectivity index (χ1) is 12.3. The van der Waals surface area contributed by atoms with Crippen molar-refractivity contribution in [3.05, 3.63) is 0 Å². The molecule has 0 aliphatic carbocycles. The normalized spacial score (nSPS) is 12.4. The Balaban J connectivity index is 5.10. The summed E-state index contributed by atoms with van der Waals surface area (Å²) in [7, 11) is 0. The Morgan fingerprint density at radius 2 is 1.38 bits per heavy atom. The number of aliphatic carboxylic acids is 1. The first-order valence-corrected chi connectivity index (χ1v) is 8.26. The lowest BCUT2D eigenvalue weighted by atomic mass is 9.95. The van der Waals surface area contributed by atoms with Gasteiger partial charge in [0.25, 0.3) is 0 Å². The summed E-state index contributed by atoms with van der Waals surface area (Å²) in [5, 5.41) is 11.5. The van der Waals surface area contributed by atoms with E-state index in [1.165, 1.54) is 6.92 Å². The quantitative estimate of drug-likeness (QED) is 0.356. The lowest BCUT2D eigenvalue weighted by Gasteiger charge is -2.22. The molecule has 0 spiro atoms. The topological polar surface area (TPSA) is 145 Å². The Hall–Kier alpha value is -2.65. The summed E-state index contributed by atoms with van der Waals surface area (Å²) >= 11 is 0. The van der Waals surface area contributed by atoms with Gasteiger partial charge in [0.15, 0.2) is 0 Å². The average molecular weight is 375 g/mol. The molecule has 0 radical (unpaired) electrons. The number of rotatable bonds is 12. The van der Waals surface area contributed by atoms with Gasteiger partial charge < -0.3 is 24.6 Å². The van der Waals surface area contributed by atoms with E-state index in [0.29, 0.717) is 0 Å². The van der Waals surface area contributed by atoms with E-state index in [4.69, 9.17) is 9.47 Å². The molecular formula is C16H25NO9. The van der Waals surface area contributed by atoms with Crippen LogP contribution in [0.1, 0.15) is 40.0 Å². The maximum absolute atomic E-state index is 12.0. The lowest BCUT2D eigenvalue weighted by molar-refractivity contribution is -0.160. The van der Waals surface area contributed by atoms with E-state index in [1.54, 1.807) is 13.8 Å². The zero-order chi connectivity index (χ0) is 20.1. The largest absolute Gasteiger partial charge is 0.480 e. The van der Waals surface area contributed by atoms with Gasteiger partial charge in [-0.05, 0) is 20.8 Å². The molecule has 10 heteroatoms. The zero-order valence-corrected chi connectivity index (χ0v) is 15.1. The number of ether oxygens (including phenoxy) is 3. The number of carbonyl (C=O) groups is 5. The summed E-state index contributed by atoms with van der Waals surface area (Å²) in [6.45, 7) is 4.87. The van der Waals surface area contributed by atoms with Crippen LogP contribution in [0.3, 0.4) is 0 Å². The van der Waals surface area contributed by atoms with Gasteiger partial charge in [0.1, 0.15) is 6.04 Å². The van der Waals surface area contributed by atoms with Gasteiger partial charge in [-0.25, -0.2) is 4.79 Å². The second-order valence-corrected chi connectivity index (χ2v) is 5.06. The predicted molar refractivity (Wildman–Crippen MR) is 86.8 cm³/mol. The second-order valence-electron chi connectivity index (χ2n) is 5.06. The van der Waals surface area contributed by atoms with Crippen LogP contribution in [0.15, 0.2) is 0 Å². The smallest absolute Gasteiger partial charge is 0.327 e. The number of amides is 1. The van der Waals surface area contributed by atoms with Crippen molar-refractivity contribution in [3.63, 3.8) is 0 Å². The lowest BCUT2D eigenvalue weighted by Crippen LogP contribution is -2.49. The molecule has 0 aliphatic rings. The molecule has 0 aromatic rings. The van der Waals surface area contributed by atoms with Gasteiger partial charge in [-0.1, -0.05) is 0 Å². The predicted octanol–water partition coefficient (Wildman–Crippen LogP) is 0.0316. The van der Waals surface area contributed by atoms with Crippen molar-refractivity contribution in [2.45, 2.75) is 46.1 Å². The Kier molecular flexibility index (Phi) is 11.4. The molecule has 10 nitrogen and oxygen atoms in total. The highest BCUT2D eigenvalue weighted by molar-refractivity contribution is 5.91. The molecule has 0 heterocycles. The van der Waals surface area contributed by atoms with Crippen molar-refractivity contribution in [2.24, 2.45) is 5.92 Å². The summed E-state index contributed by atoms with van der Waals surface area (Å²) in [6, 6.07) is -1.70. The highest BCUT2D eigenvalue weighted by atomic mass is 16.5. The number of carbonyl (C=O) groups excluding carboxylic acids is 4. The number of carboxylic acids is 1. The van der Waals surface area contributed by atoms with Crippen LogP contribution >= 0.6 is 0 Å². The number of carboxylic acid groups (broad SMARTS) is 1. The number of esters is 3. The first-order valence-electron chi connectivity index (χ1n) is 8.26. The Morgan fingerprint density at radius 3 is 1.88 bits per heavy atom. The molecule has 0 aromatic heterocycles. The minimum Gasteiger partial charge on any atom is -0.480 e. The molecule has 2 N–H and O–H groups in total. The molecule has 0 aliphatic heterocycles. The molecule has 0 aromatic carbocycles. The Morgan fingerprint density at radius 1 is 0.846 bits per heavy atom. The summed E-state index contributed by atoms with van der Waals surface area (Å²) in [5.41, 5.74) is 0. The summed E-state index contributed by atoms with van der Waals surface area (Å²) in [6.07, 6.45) is -1.13. The van der Waals surface area contributed by atoms with Crippen LogP contribution in [0.25, 0.3) is 0 Å². The molecule has 2 atom stereocenters. The maximum Gasteiger partial charge on any atom is 0.327 e. The molecule has 0 saturated carbocycles. The van der Waals surface area contributed by atoms with Crippen molar-refractivity contribution in [1.29, 1.82) is 0 Å². The number of nitrogens with one attached hydrogen (secondary N) is 1. The fourth-order valence-corrected chi connectivity index (χ4v) is 2.01. The third-order valence-corrected chi connectivity index (χ3v) is 3.13. The van der Waals surface area contributed by atoms with Gasteiger partial charge in [0.2, 0.25) is 5.91 Å².